The van der Waals surface area contributed by atoms with Crippen molar-refractivity contribution in [3.05, 3.63) is 35.1 Å². The molecule has 0 heterocycles. The van der Waals surface area contributed by atoms with Crippen LogP contribution in [0.2, 0.25) is 0 Å². The van der Waals surface area contributed by atoms with Crippen LogP contribution < -0.4 is 5.73 Å². The van der Waals surface area contributed by atoms with Gasteiger partial charge in [0.1, 0.15) is 5.82 Å². The Hall–Kier alpha value is -1.37. The first-order chi connectivity index (χ1) is 8.67. The molecule has 0 saturated heterocycles. The van der Waals surface area contributed by atoms with Crippen molar-refractivity contribution in [2.24, 2.45) is 5.73 Å². The Bertz CT molecular complexity index is 434. The van der Waals surface area contributed by atoms with Gasteiger partial charge in [-0.15, -0.1) is 0 Å². The van der Waals surface area contributed by atoms with Crippen LogP contribution in [-0.2, 0) is 11.3 Å². The molecule has 1 aromatic carbocycles. The van der Waals surface area contributed by atoms with Crippen LogP contribution in [0.4, 0.5) is 4.39 Å². The minimum Gasteiger partial charge on any atom is -0.374 e. The Morgan fingerprint density at radius 1 is 1.44 bits per heavy atom. The lowest BCUT2D eigenvalue weighted by Gasteiger charge is -2.13. The lowest BCUT2D eigenvalue weighted by molar-refractivity contribution is 0.0470. The van der Waals surface area contributed by atoms with Crippen LogP contribution in [0.5, 0.6) is 0 Å². The lowest BCUT2D eigenvalue weighted by atomic mass is 10.1. The van der Waals surface area contributed by atoms with Gasteiger partial charge in [-0.25, -0.2) is 4.39 Å². The van der Waals surface area contributed by atoms with E-state index in [0.717, 1.165) is 18.4 Å². The van der Waals surface area contributed by atoms with E-state index in [1.807, 2.05) is 6.92 Å². The van der Waals surface area contributed by atoms with Crippen LogP contribution in [0.1, 0.15) is 37.8 Å². The van der Waals surface area contributed by atoms with Gasteiger partial charge in [0.2, 0.25) is 0 Å². The summed E-state index contributed by atoms with van der Waals surface area (Å²) in [7, 11) is 0. The molecule has 3 heteroatoms. The fourth-order valence-electron chi connectivity index (χ4n) is 1.66. The molecule has 1 unspecified atom stereocenters. The summed E-state index contributed by atoms with van der Waals surface area (Å²) in [5, 5.41) is 0. The van der Waals surface area contributed by atoms with E-state index < -0.39 is 0 Å². The van der Waals surface area contributed by atoms with Crippen LogP contribution in [0.25, 0.3) is 0 Å². The van der Waals surface area contributed by atoms with Crippen molar-refractivity contribution < 1.29 is 9.13 Å². The van der Waals surface area contributed by atoms with Crippen molar-refractivity contribution in [2.45, 2.75) is 39.4 Å². The van der Waals surface area contributed by atoms with Crippen molar-refractivity contribution >= 4 is 0 Å². The fourth-order valence-corrected chi connectivity index (χ4v) is 1.66. The van der Waals surface area contributed by atoms with E-state index in [4.69, 9.17) is 10.5 Å². The van der Waals surface area contributed by atoms with Gasteiger partial charge in [-0.2, -0.15) is 0 Å². The number of nitrogens with two attached hydrogens (primary N) is 1. The molecule has 0 spiro atoms. The highest BCUT2D eigenvalue weighted by atomic mass is 19.1. The van der Waals surface area contributed by atoms with Crippen LogP contribution >= 0.6 is 0 Å². The molecule has 0 saturated carbocycles. The second-order valence-corrected chi connectivity index (χ2v) is 4.22. The zero-order chi connectivity index (χ0) is 13.4. The molecule has 2 N–H and O–H groups in total. The Morgan fingerprint density at radius 2 is 2.22 bits per heavy atom. The number of benzene rings is 1. The molecule has 1 rings (SSSR count). The van der Waals surface area contributed by atoms with Gasteiger partial charge in [0.05, 0.1) is 19.3 Å². The fraction of sp³-hybridized carbons (Fsp3) is 0.467. The van der Waals surface area contributed by atoms with E-state index in [2.05, 4.69) is 18.8 Å². The highest BCUT2D eigenvalue weighted by Gasteiger charge is 2.05. The lowest BCUT2D eigenvalue weighted by Crippen LogP contribution is -2.08. The predicted octanol–water partition coefficient (Wildman–Crippen LogP) is 2.84. The molecule has 18 heavy (non-hydrogen) atoms. The largest absolute Gasteiger partial charge is 0.374 e. The molecule has 0 radical (unpaired) electrons. The molecule has 0 aliphatic carbocycles. The van der Waals surface area contributed by atoms with Crippen molar-refractivity contribution in [3.63, 3.8) is 0 Å². The summed E-state index contributed by atoms with van der Waals surface area (Å²) in [6, 6.07) is 4.57. The number of hydrogen-bond donors (Lipinski definition) is 1. The van der Waals surface area contributed by atoms with E-state index in [9.17, 15) is 4.39 Å². The smallest absolute Gasteiger partial charge is 0.124 e. The molecule has 0 aromatic heterocycles. The van der Waals surface area contributed by atoms with Gasteiger partial charge in [0, 0.05) is 5.56 Å². The summed E-state index contributed by atoms with van der Waals surface area (Å²) in [4.78, 5) is 0. The number of ether oxygens (including phenoxy) is 1. The van der Waals surface area contributed by atoms with Crippen molar-refractivity contribution in [3.8, 4) is 11.8 Å². The van der Waals surface area contributed by atoms with E-state index in [-0.39, 0.29) is 18.5 Å². The number of hydrogen-bond acceptors (Lipinski definition) is 2. The van der Waals surface area contributed by atoms with Gasteiger partial charge < -0.3 is 10.5 Å². The summed E-state index contributed by atoms with van der Waals surface area (Å²) < 4.78 is 18.9. The summed E-state index contributed by atoms with van der Waals surface area (Å²) in [6.07, 6.45) is 2.31. The first kappa shape index (κ1) is 14.7. The molecule has 1 atom stereocenters. The minimum absolute atomic E-state index is 0.204. The molecule has 0 aliphatic rings. The Morgan fingerprint density at radius 3 is 2.89 bits per heavy atom. The maximum Gasteiger partial charge on any atom is 0.124 e. The van der Waals surface area contributed by atoms with E-state index >= 15 is 0 Å². The van der Waals surface area contributed by atoms with Gasteiger partial charge in [0.25, 0.3) is 0 Å². The van der Waals surface area contributed by atoms with Crippen LogP contribution in [-0.4, -0.2) is 12.6 Å². The second-order valence-electron chi connectivity index (χ2n) is 4.22. The van der Waals surface area contributed by atoms with Crippen molar-refractivity contribution in [1.29, 1.82) is 0 Å². The maximum atomic E-state index is 13.2. The summed E-state index contributed by atoms with van der Waals surface area (Å²) in [5.74, 6) is 5.32. The normalized spacial score (nSPS) is 11.8. The third-order valence-corrected chi connectivity index (χ3v) is 2.62. The highest BCUT2D eigenvalue weighted by molar-refractivity contribution is 5.41. The third kappa shape index (κ3) is 4.87. The quantitative estimate of drug-likeness (QED) is 0.814. The van der Waals surface area contributed by atoms with Crippen LogP contribution in [0.3, 0.4) is 0 Å². The Labute approximate surface area is 108 Å². The second kappa shape index (κ2) is 7.86. The summed E-state index contributed by atoms with van der Waals surface area (Å²) >= 11 is 0. The molecule has 0 fully saturated rings. The third-order valence-electron chi connectivity index (χ3n) is 2.62. The Balaban J connectivity index is 2.75. The monoisotopic (exact) mass is 249 g/mol. The average molecular weight is 249 g/mol. The van der Waals surface area contributed by atoms with Crippen LogP contribution in [0.15, 0.2) is 18.2 Å². The van der Waals surface area contributed by atoms with Gasteiger partial charge in [0.15, 0.2) is 0 Å². The standard InChI is InChI=1S/C15H20FNO/c1-3-5-12(2)18-11-14-7-8-15(16)10-13(14)6-4-9-17/h7-8,10,12H,3,5,9,11,17H2,1-2H3. The van der Waals surface area contributed by atoms with Gasteiger partial charge in [-0.05, 0) is 31.0 Å². The number of rotatable bonds is 5. The summed E-state index contributed by atoms with van der Waals surface area (Å²) in [5.41, 5.74) is 6.89. The zero-order valence-corrected chi connectivity index (χ0v) is 11.0. The first-order valence-corrected chi connectivity index (χ1v) is 6.26. The predicted molar refractivity (Wildman–Crippen MR) is 71.5 cm³/mol. The van der Waals surface area contributed by atoms with Crippen molar-refractivity contribution in [2.75, 3.05) is 6.54 Å². The average Bonchev–Trinajstić information content (AvgIpc) is 2.35. The Kier molecular flexibility index (Phi) is 6.42. The molecule has 98 valence electrons. The molecule has 0 aliphatic heterocycles. The molecule has 2 nitrogen and oxygen atoms in total. The van der Waals surface area contributed by atoms with Crippen molar-refractivity contribution in [1.82, 2.24) is 0 Å². The molecular weight excluding hydrogens is 229 g/mol. The number of halogens is 1. The first-order valence-electron chi connectivity index (χ1n) is 6.26. The van der Waals surface area contributed by atoms with Gasteiger partial charge in [-0.1, -0.05) is 31.3 Å². The highest BCUT2D eigenvalue weighted by Crippen LogP contribution is 2.13. The maximum absolute atomic E-state index is 13.2. The van der Waals surface area contributed by atoms with Gasteiger partial charge >= 0.3 is 0 Å². The SMILES string of the molecule is CCCC(C)OCc1ccc(F)cc1C#CCN. The van der Waals surface area contributed by atoms with E-state index in [1.54, 1.807) is 6.07 Å². The van der Waals surface area contributed by atoms with E-state index in [1.165, 1.54) is 12.1 Å². The molecule has 0 bridgehead atoms. The summed E-state index contributed by atoms with van der Waals surface area (Å²) in [6.45, 7) is 4.88. The van der Waals surface area contributed by atoms with Crippen LogP contribution in [0, 0.1) is 17.7 Å². The molecule has 0 amide bonds. The van der Waals surface area contributed by atoms with E-state index in [0.29, 0.717) is 12.2 Å². The zero-order valence-electron chi connectivity index (χ0n) is 11.0. The molecule has 1 aromatic rings. The topological polar surface area (TPSA) is 35.2 Å². The van der Waals surface area contributed by atoms with Gasteiger partial charge in [-0.3, -0.25) is 0 Å². The molecular formula is C15H20FNO. The minimum atomic E-state index is -0.290.